The van der Waals surface area contributed by atoms with Crippen LogP contribution in [0.15, 0.2) is 42.0 Å². The molecule has 1 aliphatic rings. The molecule has 0 bridgehead atoms. The molecule has 14 heavy (non-hydrogen) atoms. The molecule has 0 saturated carbocycles. The second-order valence-corrected chi connectivity index (χ2v) is 5.52. The molecule has 0 atom stereocenters. The number of hydrogen-bond acceptors (Lipinski definition) is 1. The van der Waals surface area contributed by atoms with E-state index < -0.39 is 0 Å². The third-order valence-electron chi connectivity index (χ3n) is 2.26. The SMILES string of the molecule is O=C([Se]c1ccccc1)C1=CCCC1. The summed E-state index contributed by atoms with van der Waals surface area (Å²) in [6.07, 6.45) is 5.35. The summed E-state index contributed by atoms with van der Waals surface area (Å²) in [4.78, 5) is 11.8. The van der Waals surface area contributed by atoms with Crippen molar-refractivity contribution in [2.75, 3.05) is 0 Å². The summed E-state index contributed by atoms with van der Waals surface area (Å²) in [6.45, 7) is 0. The van der Waals surface area contributed by atoms with E-state index in [2.05, 4.69) is 6.08 Å². The maximum absolute atomic E-state index is 11.8. The molecule has 72 valence electrons. The van der Waals surface area contributed by atoms with Gasteiger partial charge in [0.05, 0.1) is 0 Å². The predicted molar refractivity (Wildman–Crippen MR) is 58.8 cm³/mol. The second-order valence-electron chi connectivity index (χ2n) is 3.32. The molecule has 0 unspecified atom stereocenters. The average molecular weight is 251 g/mol. The number of carbonyl (C=O) groups excluding carboxylic acids is 1. The summed E-state index contributed by atoms with van der Waals surface area (Å²) in [7, 11) is 0. The van der Waals surface area contributed by atoms with E-state index in [9.17, 15) is 4.79 Å². The standard InChI is InChI=1S/C12H12OSe/c13-12(10-6-4-5-7-10)14-11-8-2-1-3-9-11/h1-3,6,8-9H,4-5,7H2. The Morgan fingerprint density at radius 1 is 1.21 bits per heavy atom. The molecule has 0 aromatic heterocycles. The van der Waals surface area contributed by atoms with Crippen LogP contribution in [0.2, 0.25) is 0 Å². The van der Waals surface area contributed by atoms with E-state index in [0.29, 0.717) is 4.68 Å². The Morgan fingerprint density at radius 3 is 2.64 bits per heavy atom. The van der Waals surface area contributed by atoms with Gasteiger partial charge in [-0.05, 0) is 0 Å². The molecule has 1 aromatic carbocycles. The van der Waals surface area contributed by atoms with Gasteiger partial charge in [0.25, 0.3) is 0 Å². The zero-order valence-electron chi connectivity index (χ0n) is 7.90. The Hall–Kier alpha value is -0.851. The Kier molecular flexibility index (Phi) is 3.18. The third kappa shape index (κ3) is 2.34. The first-order valence-electron chi connectivity index (χ1n) is 4.82. The normalized spacial score (nSPS) is 15.3. The van der Waals surface area contributed by atoms with Crippen LogP contribution in [-0.2, 0) is 4.79 Å². The van der Waals surface area contributed by atoms with Crippen LogP contribution in [0.5, 0.6) is 0 Å². The fraction of sp³-hybridized carbons (Fsp3) is 0.250. The first kappa shape index (κ1) is 9.69. The van der Waals surface area contributed by atoms with Gasteiger partial charge >= 0.3 is 90.1 Å². The van der Waals surface area contributed by atoms with Crippen LogP contribution in [0.4, 0.5) is 0 Å². The van der Waals surface area contributed by atoms with Gasteiger partial charge in [-0.15, -0.1) is 0 Å². The van der Waals surface area contributed by atoms with E-state index in [1.165, 1.54) is 4.46 Å². The van der Waals surface area contributed by atoms with Gasteiger partial charge in [0.1, 0.15) is 0 Å². The monoisotopic (exact) mass is 252 g/mol. The Bertz CT molecular complexity index is 354. The Morgan fingerprint density at radius 2 is 2.00 bits per heavy atom. The molecule has 0 saturated heterocycles. The molecule has 2 heteroatoms. The summed E-state index contributed by atoms with van der Waals surface area (Å²) in [5, 5.41) is 0. The fourth-order valence-corrected chi connectivity index (χ4v) is 3.25. The Balaban J connectivity index is 2.01. The zero-order chi connectivity index (χ0) is 9.80. The van der Waals surface area contributed by atoms with Crippen molar-refractivity contribution in [3.05, 3.63) is 42.0 Å². The van der Waals surface area contributed by atoms with E-state index in [0.717, 1.165) is 24.8 Å². The van der Waals surface area contributed by atoms with Crippen LogP contribution in [0.1, 0.15) is 19.3 Å². The van der Waals surface area contributed by atoms with Crippen LogP contribution in [0.3, 0.4) is 0 Å². The molecule has 0 heterocycles. The molecular weight excluding hydrogens is 239 g/mol. The van der Waals surface area contributed by atoms with E-state index >= 15 is 0 Å². The van der Waals surface area contributed by atoms with Crippen LogP contribution in [-0.4, -0.2) is 19.6 Å². The molecule has 0 aliphatic heterocycles. The van der Waals surface area contributed by atoms with Crippen LogP contribution < -0.4 is 4.46 Å². The summed E-state index contributed by atoms with van der Waals surface area (Å²) < 4.78 is 1.54. The van der Waals surface area contributed by atoms with Gasteiger partial charge in [-0.3, -0.25) is 0 Å². The molecule has 0 N–H and O–H groups in total. The third-order valence-corrected chi connectivity index (χ3v) is 4.26. The number of rotatable bonds is 3. The van der Waals surface area contributed by atoms with Gasteiger partial charge in [-0.2, -0.15) is 0 Å². The van der Waals surface area contributed by atoms with Crippen LogP contribution in [0.25, 0.3) is 0 Å². The van der Waals surface area contributed by atoms with Crippen molar-refractivity contribution < 1.29 is 4.79 Å². The van der Waals surface area contributed by atoms with Crippen molar-refractivity contribution in [1.29, 1.82) is 0 Å². The van der Waals surface area contributed by atoms with Gasteiger partial charge in [0.15, 0.2) is 0 Å². The summed E-state index contributed by atoms with van der Waals surface area (Å²) >= 11 is -0.0164. The maximum atomic E-state index is 11.8. The Labute approximate surface area is 90.4 Å². The molecule has 1 nitrogen and oxygen atoms in total. The van der Waals surface area contributed by atoms with Crippen molar-refractivity contribution in [2.45, 2.75) is 19.3 Å². The second kappa shape index (κ2) is 4.58. The van der Waals surface area contributed by atoms with Gasteiger partial charge < -0.3 is 0 Å². The average Bonchev–Trinajstić information content (AvgIpc) is 2.72. The minimum absolute atomic E-state index is 0.0164. The first-order chi connectivity index (χ1) is 6.86. The number of allylic oxidation sites excluding steroid dienone is 2. The van der Waals surface area contributed by atoms with Gasteiger partial charge in [-0.25, -0.2) is 0 Å². The van der Waals surface area contributed by atoms with E-state index in [1.54, 1.807) is 0 Å². The van der Waals surface area contributed by atoms with Gasteiger partial charge in [0.2, 0.25) is 0 Å². The van der Waals surface area contributed by atoms with Crippen molar-refractivity contribution in [3.63, 3.8) is 0 Å². The summed E-state index contributed by atoms with van der Waals surface area (Å²) in [6, 6.07) is 10.0. The van der Waals surface area contributed by atoms with E-state index in [-0.39, 0.29) is 15.0 Å². The number of benzene rings is 1. The van der Waals surface area contributed by atoms with Crippen molar-refractivity contribution >= 4 is 24.1 Å². The topological polar surface area (TPSA) is 17.1 Å². The van der Waals surface area contributed by atoms with Crippen LogP contribution in [0, 0.1) is 0 Å². The van der Waals surface area contributed by atoms with Crippen molar-refractivity contribution in [1.82, 2.24) is 0 Å². The molecule has 1 aromatic rings. The zero-order valence-corrected chi connectivity index (χ0v) is 9.61. The molecule has 0 amide bonds. The minimum atomic E-state index is -0.0164. The first-order valence-corrected chi connectivity index (χ1v) is 6.54. The van der Waals surface area contributed by atoms with E-state index in [4.69, 9.17) is 0 Å². The predicted octanol–water partition coefficient (Wildman–Crippen LogP) is 1.65. The fourth-order valence-electron chi connectivity index (χ4n) is 1.52. The quantitative estimate of drug-likeness (QED) is 0.746. The summed E-state index contributed by atoms with van der Waals surface area (Å²) in [5.41, 5.74) is 1.06. The molecule has 0 radical (unpaired) electrons. The number of hydrogen-bond donors (Lipinski definition) is 0. The van der Waals surface area contributed by atoms with Crippen molar-refractivity contribution in [2.24, 2.45) is 0 Å². The van der Waals surface area contributed by atoms with Gasteiger partial charge in [-0.1, -0.05) is 0 Å². The summed E-state index contributed by atoms with van der Waals surface area (Å²) in [5.74, 6) is 0. The van der Waals surface area contributed by atoms with Crippen LogP contribution >= 0.6 is 0 Å². The molecule has 1 aliphatic carbocycles. The van der Waals surface area contributed by atoms with Crippen molar-refractivity contribution in [3.8, 4) is 0 Å². The van der Waals surface area contributed by atoms with E-state index in [1.807, 2.05) is 30.3 Å². The van der Waals surface area contributed by atoms with Gasteiger partial charge in [0, 0.05) is 0 Å². The molecule has 0 fully saturated rings. The molecular formula is C12H12OSe. The molecule has 0 spiro atoms. The number of carbonyl (C=O) groups is 1. The molecule has 2 rings (SSSR count).